The van der Waals surface area contributed by atoms with Crippen molar-refractivity contribution in [2.24, 2.45) is 0 Å². The maximum absolute atomic E-state index is 13.3. The van der Waals surface area contributed by atoms with E-state index >= 15 is 0 Å². The molecule has 0 fully saturated rings. The number of hydrogen-bond acceptors (Lipinski definition) is 2. The van der Waals surface area contributed by atoms with Crippen molar-refractivity contribution in [2.75, 3.05) is 13.1 Å². The highest BCUT2D eigenvalue weighted by molar-refractivity contribution is 5.94. The maximum Gasteiger partial charge on any atom is 0.257 e. The van der Waals surface area contributed by atoms with Gasteiger partial charge >= 0.3 is 0 Å². The summed E-state index contributed by atoms with van der Waals surface area (Å²) in [6.45, 7) is 4.66. The summed E-state index contributed by atoms with van der Waals surface area (Å²) in [4.78, 5) is 11.6. The van der Waals surface area contributed by atoms with Crippen molar-refractivity contribution in [1.82, 2.24) is 10.6 Å². The molecule has 0 heterocycles. The van der Waals surface area contributed by atoms with E-state index in [1.807, 2.05) is 13.8 Å². The molecule has 0 spiro atoms. The van der Waals surface area contributed by atoms with Crippen molar-refractivity contribution in [1.29, 1.82) is 0 Å². The number of halogens is 4. The molecular formula is C12H16ClF3N2O. The first-order valence-corrected chi connectivity index (χ1v) is 5.61. The number of carbonyl (C=O) groups is 1. The van der Waals surface area contributed by atoms with Crippen LogP contribution in [0.2, 0.25) is 0 Å². The molecule has 0 aromatic heterocycles. The summed E-state index contributed by atoms with van der Waals surface area (Å²) in [5.41, 5.74) is -0.764. The van der Waals surface area contributed by atoms with E-state index in [0.717, 1.165) is 6.54 Å². The summed E-state index contributed by atoms with van der Waals surface area (Å²) in [5.74, 6) is -4.36. The van der Waals surface area contributed by atoms with Crippen LogP contribution in [0.1, 0.15) is 24.2 Å². The zero-order valence-corrected chi connectivity index (χ0v) is 11.4. The summed E-state index contributed by atoms with van der Waals surface area (Å²) < 4.78 is 39.2. The van der Waals surface area contributed by atoms with Gasteiger partial charge in [-0.25, -0.2) is 13.2 Å². The standard InChI is InChI=1S/C12H15F3N2O.ClH/c1-3-16-7(2)6-17-12(18)11-9(14)4-8(13)5-10(11)15;/h4-5,7,16H,3,6H2,1-2H3,(H,17,18);1H/t7-;/m1./s1. The molecule has 1 amide bonds. The van der Waals surface area contributed by atoms with Gasteiger partial charge in [0.15, 0.2) is 0 Å². The fourth-order valence-corrected chi connectivity index (χ4v) is 1.51. The Bertz CT molecular complexity index is 420. The van der Waals surface area contributed by atoms with Crippen molar-refractivity contribution in [2.45, 2.75) is 19.9 Å². The Morgan fingerprint density at radius 3 is 2.26 bits per heavy atom. The van der Waals surface area contributed by atoms with Gasteiger partial charge in [-0.2, -0.15) is 0 Å². The molecule has 3 nitrogen and oxygen atoms in total. The monoisotopic (exact) mass is 296 g/mol. The molecule has 108 valence electrons. The van der Waals surface area contributed by atoms with E-state index in [-0.39, 0.29) is 25.0 Å². The molecule has 0 aliphatic rings. The van der Waals surface area contributed by atoms with Gasteiger partial charge in [0, 0.05) is 24.7 Å². The molecule has 1 rings (SSSR count). The first-order chi connectivity index (χ1) is 8.45. The molecule has 1 atom stereocenters. The molecule has 0 saturated carbocycles. The lowest BCUT2D eigenvalue weighted by atomic mass is 10.1. The second kappa shape index (κ2) is 8.01. The highest BCUT2D eigenvalue weighted by atomic mass is 35.5. The SMILES string of the molecule is CCN[C@H](C)CNC(=O)c1c(F)cc(F)cc1F.Cl. The van der Waals surface area contributed by atoms with Gasteiger partial charge < -0.3 is 10.6 Å². The molecule has 19 heavy (non-hydrogen) atoms. The number of rotatable bonds is 5. The Hall–Kier alpha value is -1.27. The molecule has 0 aliphatic carbocycles. The third-order valence-electron chi connectivity index (χ3n) is 2.36. The lowest BCUT2D eigenvalue weighted by Crippen LogP contribution is -2.39. The predicted molar refractivity (Wildman–Crippen MR) is 69.0 cm³/mol. The van der Waals surface area contributed by atoms with E-state index in [4.69, 9.17) is 0 Å². The summed E-state index contributed by atoms with van der Waals surface area (Å²) in [7, 11) is 0. The minimum Gasteiger partial charge on any atom is -0.350 e. The number of nitrogens with one attached hydrogen (secondary N) is 2. The fourth-order valence-electron chi connectivity index (χ4n) is 1.51. The van der Waals surface area contributed by atoms with Crippen LogP contribution in [0, 0.1) is 17.5 Å². The molecule has 0 radical (unpaired) electrons. The smallest absolute Gasteiger partial charge is 0.257 e. The Morgan fingerprint density at radius 2 is 1.79 bits per heavy atom. The second-order valence-electron chi connectivity index (χ2n) is 3.91. The maximum atomic E-state index is 13.3. The van der Waals surface area contributed by atoms with Crippen molar-refractivity contribution in [3.63, 3.8) is 0 Å². The summed E-state index contributed by atoms with van der Waals surface area (Å²) >= 11 is 0. The predicted octanol–water partition coefficient (Wildman–Crippen LogP) is 2.25. The largest absolute Gasteiger partial charge is 0.350 e. The van der Waals surface area contributed by atoms with Gasteiger partial charge in [-0.05, 0) is 13.5 Å². The van der Waals surface area contributed by atoms with Gasteiger partial charge in [0.1, 0.15) is 23.0 Å². The van der Waals surface area contributed by atoms with Crippen LogP contribution in [-0.4, -0.2) is 25.0 Å². The van der Waals surface area contributed by atoms with Crippen LogP contribution in [0.25, 0.3) is 0 Å². The lowest BCUT2D eigenvalue weighted by Gasteiger charge is -2.13. The molecule has 0 aliphatic heterocycles. The van der Waals surface area contributed by atoms with Gasteiger partial charge in [-0.15, -0.1) is 12.4 Å². The van der Waals surface area contributed by atoms with Crippen LogP contribution in [0.3, 0.4) is 0 Å². The number of amides is 1. The average Bonchev–Trinajstić information content (AvgIpc) is 2.25. The Labute approximate surface area is 116 Å². The highest BCUT2D eigenvalue weighted by Crippen LogP contribution is 2.14. The highest BCUT2D eigenvalue weighted by Gasteiger charge is 2.19. The average molecular weight is 297 g/mol. The zero-order chi connectivity index (χ0) is 13.7. The van der Waals surface area contributed by atoms with E-state index in [2.05, 4.69) is 10.6 Å². The fraction of sp³-hybridized carbons (Fsp3) is 0.417. The normalized spacial score (nSPS) is 11.6. The van der Waals surface area contributed by atoms with Gasteiger partial charge in [-0.1, -0.05) is 6.92 Å². The second-order valence-corrected chi connectivity index (χ2v) is 3.91. The number of likely N-dealkylation sites (N-methyl/N-ethyl adjacent to an activating group) is 1. The molecule has 0 saturated heterocycles. The van der Waals surface area contributed by atoms with Crippen LogP contribution in [0.15, 0.2) is 12.1 Å². The first-order valence-electron chi connectivity index (χ1n) is 5.61. The summed E-state index contributed by atoms with van der Waals surface area (Å²) in [6.07, 6.45) is 0. The summed E-state index contributed by atoms with van der Waals surface area (Å²) in [5, 5.41) is 5.41. The number of benzene rings is 1. The van der Waals surface area contributed by atoms with Crippen molar-refractivity contribution >= 4 is 18.3 Å². The van der Waals surface area contributed by atoms with Crippen LogP contribution < -0.4 is 10.6 Å². The van der Waals surface area contributed by atoms with E-state index in [9.17, 15) is 18.0 Å². The molecule has 0 bridgehead atoms. The third-order valence-corrected chi connectivity index (χ3v) is 2.36. The molecule has 0 unspecified atom stereocenters. The Balaban J connectivity index is 0.00000324. The topological polar surface area (TPSA) is 41.1 Å². The molecule has 2 N–H and O–H groups in total. The third kappa shape index (κ3) is 5.08. The van der Waals surface area contributed by atoms with Gasteiger partial charge in [0.25, 0.3) is 5.91 Å². The van der Waals surface area contributed by atoms with E-state index in [1.54, 1.807) is 0 Å². The molecular weight excluding hydrogens is 281 g/mol. The van der Waals surface area contributed by atoms with Crippen molar-refractivity contribution in [3.8, 4) is 0 Å². The Kier molecular flexibility index (Phi) is 7.48. The molecule has 7 heteroatoms. The van der Waals surface area contributed by atoms with Crippen molar-refractivity contribution < 1.29 is 18.0 Å². The van der Waals surface area contributed by atoms with Gasteiger partial charge in [0.2, 0.25) is 0 Å². The lowest BCUT2D eigenvalue weighted by molar-refractivity contribution is 0.0941. The van der Waals surface area contributed by atoms with Crippen LogP contribution >= 0.6 is 12.4 Å². The minimum absolute atomic E-state index is 0. The minimum atomic E-state index is -1.21. The van der Waals surface area contributed by atoms with Crippen LogP contribution in [-0.2, 0) is 0 Å². The molecule has 1 aromatic rings. The zero-order valence-electron chi connectivity index (χ0n) is 10.6. The summed E-state index contributed by atoms with van der Waals surface area (Å²) in [6, 6.07) is 0.933. The Morgan fingerprint density at radius 1 is 1.26 bits per heavy atom. The number of hydrogen-bond donors (Lipinski definition) is 2. The van der Waals surface area contributed by atoms with E-state index < -0.39 is 28.9 Å². The van der Waals surface area contributed by atoms with Crippen molar-refractivity contribution in [3.05, 3.63) is 35.1 Å². The number of carbonyl (C=O) groups excluding carboxylic acids is 1. The van der Waals surface area contributed by atoms with Crippen LogP contribution in [0.5, 0.6) is 0 Å². The van der Waals surface area contributed by atoms with Gasteiger partial charge in [-0.3, -0.25) is 4.79 Å². The van der Waals surface area contributed by atoms with Crippen LogP contribution in [0.4, 0.5) is 13.2 Å². The van der Waals surface area contributed by atoms with Gasteiger partial charge in [0.05, 0.1) is 0 Å². The van der Waals surface area contributed by atoms with E-state index in [0.29, 0.717) is 12.1 Å². The molecule has 1 aromatic carbocycles. The first kappa shape index (κ1) is 17.7. The van der Waals surface area contributed by atoms with E-state index in [1.165, 1.54) is 0 Å². The quantitative estimate of drug-likeness (QED) is 0.875.